The zero-order chi connectivity index (χ0) is 27.4. The number of halogens is 1. The number of nitrogens with zero attached hydrogens (tertiary/aromatic N) is 4. The molecule has 4 fully saturated rings. The predicted octanol–water partition coefficient (Wildman–Crippen LogP) is 4.78. The third-order valence-electron chi connectivity index (χ3n) is 9.16. The first-order chi connectivity index (χ1) is 18.7. The van der Waals surface area contributed by atoms with Crippen molar-refractivity contribution in [3.63, 3.8) is 0 Å². The number of carbonyl (C=O) groups excluding carboxylic acids is 2. The van der Waals surface area contributed by atoms with Crippen LogP contribution in [0.5, 0.6) is 0 Å². The van der Waals surface area contributed by atoms with Crippen LogP contribution in [0.25, 0.3) is 16.6 Å². The van der Waals surface area contributed by atoms with Gasteiger partial charge in [0.15, 0.2) is 0 Å². The number of piperidine rings is 2. The Kier molecular flexibility index (Phi) is 6.69. The van der Waals surface area contributed by atoms with Crippen molar-refractivity contribution in [2.45, 2.75) is 77.4 Å². The molecule has 2 aromatic heterocycles. The van der Waals surface area contributed by atoms with E-state index in [2.05, 4.69) is 27.0 Å². The van der Waals surface area contributed by atoms with E-state index in [-0.39, 0.29) is 29.8 Å². The summed E-state index contributed by atoms with van der Waals surface area (Å²) in [6, 6.07) is 7.03. The molecule has 1 aromatic carbocycles. The van der Waals surface area contributed by atoms with Crippen LogP contribution in [0.15, 0.2) is 36.7 Å². The molecule has 0 spiro atoms. The molecule has 3 aliphatic heterocycles. The topological polar surface area (TPSA) is 70.0 Å². The van der Waals surface area contributed by atoms with Crippen molar-refractivity contribution in [1.29, 1.82) is 0 Å². The van der Waals surface area contributed by atoms with Crippen LogP contribution in [-0.2, 0) is 4.79 Å². The molecule has 1 aliphatic carbocycles. The molecule has 2 amide bonds. The van der Waals surface area contributed by atoms with E-state index in [4.69, 9.17) is 0 Å². The molecule has 7 rings (SSSR count). The summed E-state index contributed by atoms with van der Waals surface area (Å²) in [5, 5.41) is 3.59. The summed E-state index contributed by atoms with van der Waals surface area (Å²) in [7, 11) is 0. The van der Waals surface area contributed by atoms with Crippen molar-refractivity contribution < 1.29 is 14.0 Å². The van der Waals surface area contributed by atoms with E-state index in [0.29, 0.717) is 42.7 Å². The van der Waals surface area contributed by atoms with E-state index in [0.717, 1.165) is 35.3 Å². The summed E-state index contributed by atoms with van der Waals surface area (Å²) in [5.74, 6) is 1.12. The van der Waals surface area contributed by atoms with Gasteiger partial charge in [0, 0.05) is 49.4 Å². The Morgan fingerprint density at radius 3 is 2.51 bits per heavy atom. The van der Waals surface area contributed by atoms with Crippen LogP contribution in [0, 0.1) is 18.7 Å². The molecule has 5 heterocycles. The molecule has 0 radical (unpaired) electrons. The lowest BCUT2D eigenvalue weighted by Gasteiger charge is -2.47. The fourth-order valence-electron chi connectivity index (χ4n) is 6.86. The molecule has 39 heavy (non-hydrogen) atoms. The van der Waals surface area contributed by atoms with Crippen LogP contribution in [0.3, 0.4) is 0 Å². The second kappa shape index (κ2) is 10.0. The highest BCUT2D eigenvalue weighted by atomic mass is 19.1. The van der Waals surface area contributed by atoms with E-state index < -0.39 is 5.82 Å². The minimum Gasteiger partial charge on any atom is -0.340 e. The molecule has 2 bridgehead atoms. The number of rotatable bonds is 6. The highest BCUT2D eigenvalue weighted by Gasteiger charge is 2.43. The molecule has 1 N–H and O–H groups in total. The highest BCUT2D eigenvalue weighted by molar-refractivity contribution is 6.03. The highest BCUT2D eigenvalue weighted by Crippen LogP contribution is 2.38. The van der Waals surface area contributed by atoms with Gasteiger partial charge in [-0.25, -0.2) is 9.37 Å². The molecule has 4 aliphatic rings. The largest absolute Gasteiger partial charge is 0.340 e. The van der Waals surface area contributed by atoms with Crippen molar-refractivity contribution in [2.75, 3.05) is 19.6 Å². The number of hydrogen-bond acceptors (Lipinski definition) is 4. The number of aromatic nitrogens is 2. The maximum atomic E-state index is 14.5. The Labute approximate surface area is 229 Å². The van der Waals surface area contributed by atoms with Crippen molar-refractivity contribution >= 4 is 17.3 Å². The number of pyridine rings is 1. The van der Waals surface area contributed by atoms with E-state index in [1.54, 1.807) is 11.0 Å². The SMILES string of the molecule is CCN(C(=O)c1cc(F)ccc1-c1cc(C2CN(C(=O)[C@@H]3NC4CCC3CC4)C2)cn2c(C)ncc12)C(C)C. The Bertz CT molecular complexity index is 1420. The first-order valence-corrected chi connectivity index (χ1v) is 14.4. The van der Waals surface area contributed by atoms with Gasteiger partial charge < -0.3 is 19.5 Å². The minimum atomic E-state index is -0.433. The second-order valence-corrected chi connectivity index (χ2v) is 11.8. The number of nitrogens with one attached hydrogen (secondary N) is 1. The van der Waals surface area contributed by atoms with Gasteiger partial charge in [-0.1, -0.05) is 6.07 Å². The van der Waals surface area contributed by atoms with Gasteiger partial charge in [0.1, 0.15) is 11.6 Å². The summed E-state index contributed by atoms with van der Waals surface area (Å²) in [4.78, 5) is 35.2. The normalized spacial score (nSPS) is 22.9. The van der Waals surface area contributed by atoms with Gasteiger partial charge in [-0.05, 0) is 88.6 Å². The lowest BCUT2D eigenvalue weighted by atomic mass is 9.75. The van der Waals surface area contributed by atoms with Gasteiger partial charge >= 0.3 is 0 Å². The molecule has 3 saturated heterocycles. The zero-order valence-corrected chi connectivity index (χ0v) is 23.3. The number of hydrogen-bond donors (Lipinski definition) is 1. The fraction of sp³-hybridized carbons (Fsp3) is 0.516. The summed E-state index contributed by atoms with van der Waals surface area (Å²) >= 11 is 0. The van der Waals surface area contributed by atoms with Crippen LogP contribution >= 0.6 is 0 Å². The minimum absolute atomic E-state index is 0.00505. The van der Waals surface area contributed by atoms with E-state index >= 15 is 0 Å². The number of fused-ring (bicyclic) bond motifs is 4. The Morgan fingerprint density at radius 1 is 1.13 bits per heavy atom. The second-order valence-electron chi connectivity index (χ2n) is 11.8. The van der Waals surface area contributed by atoms with Crippen LogP contribution in [-0.4, -0.2) is 68.8 Å². The van der Waals surface area contributed by atoms with Gasteiger partial charge in [-0.3, -0.25) is 9.59 Å². The first kappa shape index (κ1) is 26.0. The van der Waals surface area contributed by atoms with Gasteiger partial charge in [-0.2, -0.15) is 0 Å². The maximum Gasteiger partial charge on any atom is 0.254 e. The van der Waals surface area contributed by atoms with E-state index in [9.17, 15) is 14.0 Å². The lowest BCUT2D eigenvalue weighted by molar-refractivity contribution is -0.141. The molecule has 0 unspecified atom stereocenters. The van der Waals surface area contributed by atoms with Crippen LogP contribution < -0.4 is 5.32 Å². The summed E-state index contributed by atoms with van der Waals surface area (Å²) < 4.78 is 16.5. The Hall–Kier alpha value is -3.26. The molecule has 1 saturated carbocycles. The summed E-state index contributed by atoms with van der Waals surface area (Å²) in [6.45, 7) is 9.73. The lowest BCUT2D eigenvalue weighted by Crippen LogP contribution is -2.62. The van der Waals surface area contributed by atoms with Crippen molar-refractivity contribution in [2.24, 2.45) is 5.92 Å². The number of benzene rings is 1. The average Bonchev–Trinajstić information content (AvgIpc) is 3.28. The number of amides is 2. The van der Waals surface area contributed by atoms with Crippen LogP contribution in [0.1, 0.15) is 74.1 Å². The molecule has 3 aromatic rings. The quantitative estimate of drug-likeness (QED) is 0.497. The third-order valence-corrected chi connectivity index (χ3v) is 9.16. The first-order valence-electron chi connectivity index (χ1n) is 14.4. The smallest absolute Gasteiger partial charge is 0.254 e. The van der Waals surface area contributed by atoms with E-state index in [1.165, 1.54) is 25.0 Å². The predicted molar refractivity (Wildman–Crippen MR) is 149 cm³/mol. The standard InChI is InChI=1S/C31H38FN5O2/c1-5-36(18(2)3)30(38)27-13-23(32)8-11-25(27)26-12-21(17-37-19(4)33-14-28(26)37)22-15-35(16-22)31(39)29-20-6-9-24(34-29)10-7-20/h8,11-14,17-18,20,22,24,29,34H,5-7,9-10,15-16H2,1-4H3/t20?,24?,29-/m1/s1. The number of carbonyl (C=O) groups is 2. The molecule has 1 atom stereocenters. The molecular formula is C31H38FN5O2. The van der Waals surface area contributed by atoms with Gasteiger partial charge in [0.25, 0.3) is 5.91 Å². The number of likely N-dealkylation sites (tertiary alicyclic amines) is 1. The zero-order valence-electron chi connectivity index (χ0n) is 23.3. The van der Waals surface area contributed by atoms with Gasteiger partial charge in [-0.15, -0.1) is 0 Å². The monoisotopic (exact) mass is 531 g/mol. The van der Waals surface area contributed by atoms with Crippen molar-refractivity contribution in [3.05, 3.63) is 59.4 Å². The molecular weight excluding hydrogens is 493 g/mol. The van der Waals surface area contributed by atoms with E-state index in [1.807, 2.05) is 38.8 Å². The van der Waals surface area contributed by atoms with Crippen LogP contribution in [0.4, 0.5) is 4.39 Å². The van der Waals surface area contributed by atoms with Crippen LogP contribution in [0.2, 0.25) is 0 Å². The molecule has 8 heteroatoms. The molecule has 7 nitrogen and oxygen atoms in total. The van der Waals surface area contributed by atoms with Crippen molar-refractivity contribution in [3.8, 4) is 11.1 Å². The fourth-order valence-corrected chi connectivity index (χ4v) is 6.86. The summed E-state index contributed by atoms with van der Waals surface area (Å²) in [6.07, 6.45) is 8.58. The van der Waals surface area contributed by atoms with Gasteiger partial charge in [0.05, 0.1) is 23.3 Å². The summed E-state index contributed by atoms with van der Waals surface area (Å²) in [5.41, 5.74) is 3.88. The van der Waals surface area contributed by atoms with Gasteiger partial charge in [0.2, 0.25) is 5.91 Å². The number of aryl methyl sites for hydroxylation is 1. The molecule has 206 valence electrons. The average molecular weight is 532 g/mol. The maximum absolute atomic E-state index is 14.5. The Balaban J connectivity index is 1.33. The van der Waals surface area contributed by atoms with Crippen molar-refractivity contribution in [1.82, 2.24) is 24.5 Å². The number of imidazole rings is 1. The Morgan fingerprint density at radius 2 is 1.87 bits per heavy atom. The third kappa shape index (κ3) is 4.52.